The van der Waals surface area contributed by atoms with Gasteiger partial charge in [-0.15, -0.1) is 11.6 Å². The van der Waals surface area contributed by atoms with Gasteiger partial charge < -0.3 is 14.7 Å². The summed E-state index contributed by atoms with van der Waals surface area (Å²) in [5.74, 6) is -0.206. The van der Waals surface area contributed by atoms with Crippen LogP contribution in [-0.4, -0.2) is 42.7 Å². The Bertz CT molecular complexity index is 466. The highest BCUT2D eigenvalue weighted by atomic mass is 35.5. The fourth-order valence-electron chi connectivity index (χ4n) is 2.67. The minimum absolute atomic E-state index is 0.196. The molecule has 1 fully saturated rings. The molecule has 1 aliphatic rings. The van der Waals surface area contributed by atoms with E-state index in [0.29, 0.717) is 13.1 Å². The maximum absolute atomic E-state index is 11.1. The fraction of sp³-hybridized carbons (Fsp3) is 0.533. The third-order valence-electron chi connectivity index (χ3n) is 3.75. The zero-order valence-corrected chi connectivity index (χ0v) is 12.3. The van der Waals surface area contributed by atoms with Crippen molar-refractivity contribution in [2.75, 3.05) is 26.7 Å². The Morgan fingerprint density at radius 2 is 2.30 bits per heavy atom. The highest BCUT2D eigenvalue weighted by molar-refractivity contribution is 6.21. The summed E-state index contributed by atoms with van der Waals surface area (Å²) in [6, 6.07) is 7.69. The largest absolute Gasteiger partial charge is 0.496 e. The molecule has 2 atom stereocenters. The van der Waals surface area contributed by atoms with E-state index < -0.39 is 5.97 Å². The number of alkyl halides is 1. The molecular formula is C15H20ClNO3. The summed E-state index contributed by atoms with van der Waals surface area (Å²) in [6.07, 6.45) is 1.67. The normalized spacial score (nSPS) is 21.4. The lowest BCUT2D eigenvalue weighted by molar-refractivity contribution is -0.143. The number of likely N-dealkylation sites (tertiary alicyclic amines) is 1. The van der Waals surface area contributed by atoms with Crippen molar-refractivity contribution < 1.29 is 14.6 Å². The van der Waals surface area contributed by atoms with Gasteiger partial charge in [0.1, 0.15) is 5.75 Å². The Morgan fingerprint density at radius 1 is 1.55 bits per heavy atom. The van der Waals surface area contributed by atoms with Crippen LogP contribution < -0.4 is 4.74 Å². The lowest BCUT2D eigenvalue weighted by Gasteiger charge is -2.32. The Labute approximate surface area is 124 Å². The highest BCUT2D eigenvalue weighted by Crippen LogP contribution is 2.31. The zero-order chi connectivity index (χ0) is 14.5. The third-order valence-corrected chi connectivity index (χ3v) is 4.12. The fourth-order valence-corrected chi connectivity index (χ4v) is 3.05. The summed E-state index contributed by atoms with van der Waals surface area (Å²) in [5, 5.41) is 8.91. The topological polar surface area (TPSA) is 49.8 Å². The van der Waals surface area contributed by atoms with E-state index in [9.17, 15) is 4.79 Å². The SMILES string of the molecule is COc1ccccc1C(Cl)CN1CCCC(C(=O)O)C1. The van der Waals surface area contributed by atoms with Crippen molar-refractivity contribution in [1.29, 1.82) is 0 Å². The first kappa shape index (κ1) is 15.1. The number of carboxylic acid groups (broad SMARTS) is 1. The first-order valence-corrected chi connectivity index (χ1v) is 7.27. The molecule has 110 valence electrons. The molecule has 0 amide bonds. The molecule has 0 bridgehead atoms. The van der Waals surface area contributed by atoms with Crippen LogP contribution in [-0.2, 0) is 4.79 Å². The maximum Gasteiger partial charge on any atom is 0.307 e. The number of carbonyl (C=O) groups is 1. The van der Waals surface area contributed by atoms with E-state index in [4.69, 9.17) is 21.4 Å². The predicted molar refractivity (Wildman–Crippen MR) is 78.4 cm³/mol. The number of halogens is 1. The number of para-hydroxylation sites is 1. The van der Waals surface area contributed by atoms with Crippen LogP contribution in [0.5, 0.6) is 5.75 Å². The molecule has 20 heavy (non-hydrogen) atoms. The number of benzene rings is 1. The summed E-state index contributed by atoms with van der Waals surface area (Å²) < 4.78 is 5.32. The lowest BCUT2D eigenvalue weighted by Crippen LogP contribution is -2.40. The molecular weight excluding hydrogens is 278 g/mol. The zero-order valence-electron chi connectivity index (χ0n) is 11.6. The molecule has 0 radical (unpaired) electrons. The standard InChI is InChI=1S/C15H20ClNO3/c1-20-14-7-3-2-6-12(14)13(16)10-17-8-4-5-11(9-17)15(18)19/h2-3,6-7,11,13H,4-5,8-10H2,1H3,(H,18,19). The van der Waals surface area contributed by atoms with Gasteiger partial charge in [-0.1, -0.05) is 18.2 Å². The second-order valence-corrected chi connectivity index (χ2v) is 5.67. The summed E-state index contributed by atoms with van der Waals surface area (Å²) in [6.45, 7) is 2.13. The predicted octanol–water partition coefficient (Wildman–Crippen LogP) is 2.77. The smallest absolute Gasteiger partial charge is 0.307 e. The van der Waals surface area contributed by atoms with Crippen LogP contribution in [0.1, 0.15) is 23.8 Å². The van der Waals surface area contributed by atoms with Gasteiger partial charge in [0.05, 0.1) is 18.4 Å². The number of nitrogens with zero attached hydrogens (tertiary/aromatic N) is 1. The highest BCUT2D eigenvalue weighted by Gasteiger charge is 2.27. The van der Waals surface area contributed by atoms with Crippen molar-refractivity contribution in [3.8, 4) is 5.75 Å². The minimum Gasteiger partial charge on any atom is -0.496 e. The number of hydrogen-bond donors (Lipinski definition) is 1. The Hall–Kier alpha value is -1.26. The third kappa shape index (κ3) is 3.64. The summed E-state index contributed by atoms with van der Waals surface area (Å²) in [4.78, 5) is 13.2. The molecule has 1 aliphatic heterocycles. The van der Waals surface area contributed by atoms with Gasteiger partial charge in [0.25, 0.3) is 0 Å². The Balaban J connectivity index is 2.00. The van der Waals surface area contributed by atoms with E-state index in [1.54, 1.807) is 7.11 Å². The van der Waals surface area contributed by atoms with Gasteiger partial charge in [-0.05, 0) is 25.5 Å². The van der Waals surface area contributed by atoms with Crippen LogP contribution in [0.25, 0.3) is 0 Å². The Morgan fingerprint density at radius 3 is 3.00 bits per heavy atom. The molecule has 5 heteroatoms. The van der Waals surface area contributed by atoms with Crippen molar-refractivity contribution in [3.05, 3.63) is 29.8 Å². The molecule has 4 nitrogen and oxygen atoms in total. The van der Waals surface area contributed by atoms with Gasteiger partial charge in [0, 0.05) is 18.7 Å². The molecule has 0 saturated carbocycles. The van der Waals surface area contributed by atoms with Crippen LogP contribution >= 0.6 is 11.6 Å². The Kier molecular flexibility index (Phi) is 5.26. The van der Waals surface area contributed by atoms with Gasteiger partial charge >= 0.3 is 5.97 Å². The average molecular weight is 298 g/mol. The summed E-state index contributed by atoms with van der Waals surface area (Å²) in [5.41, 5.74) is 0.953. The van der Waals surface area contributed by atoms with Crippen molar-refractivity contribution in [2.24, 2.45) is 5.92 Å². The summed E-state index contributed by atoms with van der Waals surface area (Å²) in [7, 11) is 1.63. The first-order chi connectivity index (χ1) is 9.61. The number of carboxylic acids is 1. The van der Waals surface area contributed by atoms with Crippen LogP contribution in [0, 0.1) is 5.92 Å². The molecule has 0 aliphatic carbocycles. The monoisotopic (exact) mass is 297 g/mol. The molecule has 1 saturated heterocycles. The maximum atomic E-state index is 11.1. The van der Waals surface area contributed by atoms with Crippen LogP contribution in [0.2, 0.25) is 0 Å². The number of aliphatic carboxylic acids is 1. The lowest BCUT2D eigenvalue weighted by atomic mass is 9.98. The first-order valence-electron chi connectivity index (χ1n) is 6.84. The van der Waals surface area contributed by atoms with E-state index in [1.807, 2.05) is 24.3 Å². The molecule has 0 spiro atoms. The van der Waals surface area contributed by atoms with Crippen molar-refractivity contribution in [2.45, 2.75) is 18.2 Å². The molecule has 1 N–H and O–H groups in total. The molecule has 1 heterocycles. The second-order valence-electron chi connectivity index (χ2n) is 5.15. The second kappa shape index (κ2) is 6.95. The van der Waals surface area contributed by atoms with Crippen molar-refractivity contribution >= 4 is 17.6 Å². The van der Waals surface area contributed by atoms with E-state index in [0.717, 1.165) is 30.7 Å². The number of rotatable bonds is 5. The van der Waals surface area contributed by atoms with E-state index in [1.165, 1.54) is 0 Å². The van der Waals surface area contributed by atoms with E-state index in [2.05, 4.69) is 4.90 Å². The van der Waals surface area contributed by atoms with Crippen molar-refractivity contribution in [1.82, 2.24) is 4.90 Å². The van der Waals surface area contributed by atoms with E-state index >= 15 is 0 Å². The summed E-state index contributed by atoms with van der Waals surface area (Å²) >= 11 is 6.48. The minimum atomic E-state index is -0.710. The van der Waals surface area contributed by atoms with Crippen LogP contribution in [0.4, 0.5) is 0 Å². The molecule has 2 unspecified atom stereocenters. The molecule has 0 aromatic heterocycles. The number of methoxy groups -OCH3 is 1. The molecule has 1 aromatic rings. The van der Waals surface area contributed by atoms with Gasteiger partial charge in [0.2, 0.25) is 0 Å². The molecule has 2 rings (SSSR count). The number of ether oxygens (including phenoxy) is 1. The van der Waals surface area contributed by atoms with Crippen LogP contribution in [0.3, 0.4) is 0 Å². The quantitative estimate of drug-likeness (QED) is 0.849. The average Bonchev–Trinajstić information content (AvgIpc) is 2.47. The van der Waals surface area contributed by atoms with Gasteiger partial charge in [0.15, 0.2) is 0 Å². The van der Waals surface area contributed by atoms with Crippen LogP contribution in [0.15, 0.2) is 24.3 Å². The number of piperidine rings is 1. The van der Waals surface area contributed by atoms with Gasteiger partial charge in [-0.25, -0.2) is 0 Å². The van der Waals surface area contributed by atoms with E-state index in [-0.39, 0.29) is 11.3 Å². The molecule has 1 aromatic carbocycles. The number of hydrogen-bond acceptors (Lipinski definition) is 3. The van der Waals surface area contributed by atoms with Crippen molar-refractivity contribution in [3.63, 3.8) is 0 Å². The van der Waals surface area contributed by atoms with Gasteiger partial charge in [-0.3, -0.25) is 4.79 Å². The van der Waals surface area contributed by atoms with Gasteiger partial charge in [-0.2, -0.15) is 0 Å².